The van der Waals surface area contributed by atoms with Crippen LogP contribution in [0.2, 0.25) is 0 Å². The first kappa shape index (κ1) is 20.8. The van der Waals surface area contributed by atoms with Crippen LogP contribution in [0.3, 0.4) is 0 Å². The van der Waals surface area contributed by atoms with Crippen LogP contribution in [-0.4, -0.2) is 50.7 Å². The SMILES string of the molecule is Cc1nc(S(=O)(=O)NCCNc2ccc(S(C)(=O)=O)cc2[N+](=O)[O-])cn1C. The van der Waals surface area contributed by atoms with Crippen molar-refractivity contribution in [3.63, 3.8) is 0 Å². The molecule has 0 saturated carbocycles. The van der Waals surface area contributed by atoms with Crippen LogP contribution in [0.4, 0.5) is 11.4 Å². The number of nitro benzene ring substituents is 1. The van der Waals surface area contributed by atoms with Gasteiger partial charge in [-0.2, -0.15) is 0 Å². The number of sulfonamides is 1. The fourth-order valence-electron chi connectivity index (χ4n) is 2.15. The first-order valence-corrected chi connectivity index (χ1v) is 11.0. The minimum atomic E-state index is -3.80. The number of aromatic nitrogens is 2. The monoisotopic (exact) mass is 417 g/mol. The molecule has 0 aliphatic carbocycles. The number of sulfone groups is 1. The second-order valence-corrected chi connectivity index (χ2v) is 9.50. The Bertz CT molecular complexity index is 1060. The van der Waals surface area contributed by atoms with Crippen molar-refractivity contribution >= 4 is 31.2 Å². The van der Waals surface area contributed by atoms with Crippen LogP contribution in [0.25, 0.3) is 0 Å². The summed E-state index contributed by atoms with van der Waals surface area (Å²) in [6, 6.07) is 3.47. The third-order valence-corrected chi connectivity index (χ3v) is 6.13. The molecule has 2 rings (SSSR count). The van der Waals surface area contributed by atoms with Gasteiger partial charge in [-0.3, -0.25) is 10.1 Å². The van der Waals surface area contributed by atoms with Gasteiger partial charge in [0, 0.05) is 38.7 Å². The zero-order valence-corrected chi connectivity index (χ0v) is 16.5. The molecule has 0 amide bonds. The number of nitro groups is 1. The topological polar surface area (TPSA) is 153 Å². The molecule has 0 aliphatic rings. The van der Waals surface area contributed by atoms with Gasteiger partial charge in [0.1, 0.15) is 11.5 Å². The predicted octanol–water partition coefficient (Wildman–Crippen LogP) is 0.431. The lowest BCUT2D eigenvalue weighted by Gasteiger charge is -2.09. The van der Waals surface area contributed by atoms with Crippen LogP contribution >= 0.6 is 0 Å². The van der Waals surface area contributed by atoms with E-state index in [9.17, 15) is 26.9 Å². The molecule has 0 spiro atoms. The molecule has 0 atom stereocenters. The van der Waals surface area contributed by atoms with Crippen LogP contribution in [-0.2, 0) is 26.9 Å². The van der Waals surface area contributed by atoms with E-state index >= 15 is 0 Å². The highest BCUT2D eigenvalue weighted by Crippen LogP contribution is 2.27. The number of rotatable bonds is 8. The Hall–Kier alpha value is -2.51. The van der Waals surface area contributed by atoms with Gasteiger partial charge in [-0.05, 0) is 19.1 Å². The van der Waals surface area contributed by atoms with Crippen molar-refractivity contribution in [1.29, 1.82) is 0 Å². The number of anilines is 1. The van der Waals surface area contributed by atoms with E-state index in [0.717, 1.165) is 12.3 Å². The summed E-state index contributed by atoms with van der Waals surface area (Å²) < 4.78 is 51.3. The normalized spacial score (nSPS) is 12.1. The van der Waals surface area contributed by atoms with E-state index in [2.05, 4.69) is 15.0 Å². The van der Waals surface area contributed by atoms with Crippen LogP contribution in [0.5, 0.6) is 0 Å². The molecular weight excluding hydrogens is 398 g/mol. The maximum absolute atomic E-state index is 12.1. The molecule has 0 aliphatic heterocycles. The first-order chi connectivity index (χ1) is 12.4. The van der Waals surface area contributed by atoms with E-state index in [-0.39, 0.29) is 28.7 Å². The van der Waals surface area contributed by atoms with E-state index in [1.54, 1.807) is 18.5 Å². The van der Waals surface area contributed by atoms with Gasteiger partial charge in [0.2, 0.25) is 0 Å². The minimum Gasteiger partial charge on any atom is -0.378 e. The molecule has 0 unspecified atom stereocenters. The van der Waals surface area contributed by atoms with Crippen LogP contribution in [0, 0.1) is 17.0 Å². The van der Waals surface area contributed by atoms with Crippen molar-refractivity contribution in [3.8, 4) is 0 Å². The number of imidazole rings is 1. The summed E-state index contributed by atoms with van der Waals surface area (Å²) in [5.74, 6) is 0.537. The molecule has 148 valence electrons. The van der Waals surface area contributed by atoms with Crippen molar-refractivity contribution in [3.05, 3.63) is 40.3 Å². The number of nitrogens with one attached hydrogen (secondary N) is 2. The summed E-state index contributed by atoms with van der Waals surface area (Å²) in [6.45, 7) is 1.66. The van der Waals surface area contributed by atoms with Crippen molar-refractivity contribution in [1.82, 2.24) is 14.3 Å². The van der Waals surface area contributed by atoms with E-state index in [1.165, 1.54) is 18.3 Å². The summed E-state index contributed by atoms with van der Waals surface area (Å²) in [6.07, 6.45) is 2.33. The Morgan fingerprint density at radius 3 is 2.41 bits per heavy atom. The highest BCUT2D eigenvalue weighted by Gasteiger charge is 2.20. The highest BCUT2D eigenvalue weighted by atomic mass is 32.2. The van der Waals surface area contributed by atoms with Crippen LogP contribution in [0.1, 0.15) is 5.82 Å². The van der Waals surface area contributed by atoms with Gasteiger partial charge < -0.3 is 9.88 Å². The predicted molar refractivity (Wildman–Crippen MR) is 97.8 cm³/mol. The maximum Gasteiger partial charge on any atom is 0.293 e. The second kappa shape index (κ2) is 7.62. The summed E-state index contributed by atoms with van der Waals surface area (Å²) in [5, 5.41) is 13.8. The fourth-order valence-corrected chi connectivity index (χ4v) is 3.86. The van der Waals surface area contributed by atoms with Gasteiger partial charge >= 0.3 is 0 Å². The van der Waals surface area contributed by atoms with Gasteiger partial charge in [0.25, 0.3) is 15.7 Å². The van der Waals surface area contributed by atoms with Gasteiger partial charge in [-0.15, -0.1) is 0 Å². The average molecular weight is 417 g/mol. The number of aryl methyl sites for hydroxylation is 2. The van der Waals surface area contributed by atoms with Crippen molar-refractivity contribution in [2.75, 3.05) is 24.7 Å². The molecular formula is C14H19N5O6S2. The summed E-state index contributed by atoms with van der Waals surface area (Å²) >= 11 is 0. The van der Waals surface area contributed by atoms with Gasteiger partial charge in [0.05, 0.1) is 9.82 Å². The van der Waals surface area contributed by atoms with Gasteiger partial charge in [-0.25, -0.2) is 26.5 Å². The lowest BCUT2D eigenvalue weighted by molar-refractivity contribution is -0.384. The molecule has 13 heteroatoms. The number of hydrogen-bond donors (Lipinski definition) is 2. The van der Waals surface area contributed by atoms with Gasteiger partial charge in [0.15, 0.2) is 14.9 Å². The molecule has 0 radical (unpaired) electrons. The zero-order valence-electron chi connectivity index (χ0n) is 14.8. The Morgan fingerprint density at radius 1 is 1.22 bits per heavy atom. The maximum atomic E-state index is 12.1. The van der Waals surface area contributed by atoms with E-state index < -0.39 is 30.5 Å². The Balaban J connectivity index is 2.06. The Kier molecular flexibility index (Phi) is 5.87. The molecule has 1 aromatic heterocycles. The van der Waals surface area contributed by atoms with Crippen LogP contribution < -0.4 is 10.0 Å². The Labute approximate surface area is 156 Å². The van der Waals surface area contributed by atoms with E-state index in [4.69, 9.17) is 0 Å². The van der Waals surface area contributed by atoms with Gasteiger partial charge in [-0.1, -0.05) is 0 Å². The molecule has 0 saturated heterocycles. The quantitative estimate of drug-likeness (QED) is 0.356. The van der Waals surface area contributed by atoms with E-state index in [1.807, 2.05) is 0 Å². The fraction of sp³-hybridized carbons (Fsp3) is 0.357. The summed E-state index contributed by atoms with van der Waals surface area (Å²) in [7, 11) is -5.72. The largest absolute Gasteiger partial charge is 0.378 e. The lowest BCUT2D eigenvalue weighted by Crippen LogP contribution is -2.29. The first-order valence-electron chi connectivity index (χ1n) is 7.64. The standard InChI is InChI=1S/C14H19N5O6S2/c1-10-17-14(9-18(10)2)27(24,25)16-7-6-15-12-5-4-11(26(3,22)23)8-13(12)19(20)21/h4-5,8-9,15-16H,6-7H2,1-3H3. The molecule has 0 fully saturated rings. The molecule has 2 aromatic rings. The van der Waals surface area contributed by atoms with E-state index in [0.29, 0.717) is 5.82 Å². The number of nitrogens with zero attached hydrogens (tertiary/aromatic N) is 3. The Morgan fingerprint density at radius 2 is 1.89 bits per heavy atom. The molecule has 2 N–H and O–H groups in total. The van der Waals surface area contributed by atoms with Crippen molar-refractivity contribution in [2.45, 2.75) is 16.8 Å². The number of hydrogen-bond acceptors (Lipinski definition) is 8. The molecule has 0 bridgehead atoms. The average Bonchev–Trinajstić information content (AvgIpc) is 2.90. The third kappa shape index (κ3) is 5.02. The smallest absolute Gasteiger partial charge is 0.293 e. The van der Waals surface area contributed by atoms with Crippen molar-refractivity contribution < 1.29 is 21.8 Å². The minimum absolute atomic E-state index is 0.0457. The molecule has 11 nitrogen and oxygen atoms in total. The summed E-state index contributed by atoms with van der Waals surface area (Å²) in [4.78, 5) is 14.2. The third-order valence-electron chi connectivity index (χ3n) is 3.69. The highest BCUT2D eigenvalue weighted by molar-refractivity contribution is 7.90. The lowest BCUT2D eigenvalue weighted by atomic mass is 10.2. The molecule has 1 aromatic carbocycles. The van der Waals surface area contributed by atoms with Crippen LogP contribution in [0.15, 0.2) is 34.3 Å². The number of benzene rings is 1. The van der Waals surface area contributed by atoms with Crippen molar-refractivity contribution in [2.24, 2.45) is 7.05 Å². The summed E-state index contributed by atoms with van der Waals surface area (Å²) in [5.41, 5.74) is -0.332. The molecule has 1 heterocycles. The second-order valence-electron chi connectivity index (χ2n) is 5.77. The molecule has 27 heavy (non-hydrogen) atoms. The zero-order chi connectivity index (χ0) is 20.4.